The van der Waals surface area contributed by atoms with Gasteiger partial charge in [0.05, 0.1) is 26.1 Å². The van der Waals surface area contributed by atoms with Gasteiger partial charge in [0.25, 0.3) is 10.1 Å². The van der Waals surface area contributed by atoms with Crippen molar-refractivity contribution in [3.8, 4) is 5.75 Å². The molecule has 0 aliphatic carbocycles. The van der Waals surface area contributed by atoms with Gasteiger partial charge >= 0.3 is 5.97 Å². The summed E-state index contributed by atoms with van der Waals surface area (Å²) >= 11 is 0. The Morgan fingerprint density at radius 3 is 2.57 bits per heavy atom. The zero-order valence-corrected chi connectivity index (χ0v) is 14.8. The van der Waals surface area contributed by atoms with E-state index in [-0.39, 0.29) is 5.97 Å². The average Bonchev–Trinajstić information content (AvgIpc) is 2.44. The van der Waals surface area contributed by atoms with E-state index >= 15 is 0 Å². The Kier molecular flexibility index (Phi) is 7.51. The summed E-state index contributed by atoms with van der Waals surface area (Å²) < 4.78 is 37.1. The van der Waals surface area contributed by atoms with E-state index in [0.717, 1.165) is 17.4 Å². The van der Waals surface area contributed by atoms with Crippen LogP contribution in [-0.4, -0.2) is 40.5 Å². The molecule has 0 N–H and O–H groups in total. The molecule has 0 aliphatic heterocycles. The number of hydrogen-bond acceptors (Lipinski definition) is 6. The monoisotopic (exact) mass is 344 g/mol. The molecular formula is C16H24O6S. The molecule has 0 fully saturated rings. The van der Waals surface area contributed by atoms with Gasteiger partial charge in [-0.3, -0.25) is 8.98 Å². The molecule has 23 heavy (non-hydrogen) atoms. The number of carbonyl (C=O) groups is 1. The summed E-state index contributed by atoms with van der Waals surface area (Å²) in [5.41, 5.74) is 2.10. The molecule has 1 aromatic rings. The number of benzene rings is 1. The summed E-state index contributed by atoms with van der Waals surface area (Å²) in [6, 6.07) is 5.65. The van der Waals surface area contributed by atoms with Crippen molar-refractivity contribution in [2.45, 2.75) is 39.2 Å². The third-order valence-electron chi connectivity index (χ3n) is 3.27. The summed E-state index contributed by atoms with van der Waals surface area (Å²) in [4.78, 5) is 11.2. The highest BCUT2D eigenvalue weighted by Gasteiger charge is 2.10. The van der Waals surface area contributed by atoms with Crippen LogP contribution >= 0.6 is 0 Å². The molecule has 0 saturated heterocycles. The second-order valence-corrected chi connectivity index (χ2v) is 7.01. The Morgan fingerprint density at radius 2 is 2.00 bits per heavy atom. The quantitative estimate of drug-likeness (QED) is 0.505. The van der Waals surface area contributed by atoms with Gasteiger partial charge in [0.15, 0.2) is 0 Å². The number of rotatable bonds is 9. The molecule has 0 radical (unpaired) electrons. The van der Waals surface area contributed by atoms with Crippen LogP contribution in [0, 0.1) is 6.92 Å². The molecule has 0 bridgehead atoms. The fraction of sp³-hybridized carbons (Fsp3) is 0.562. The Hall–Kier alpha value is -1.60. The van der Waals surface area contributed by atoms with E-state index in [1.807, 2.05) is 25.1 Å². The molecule has 1 atom stereocenters. The third-order valence-corrected chi connectivity index (χ3v) is 3.95. The van der Waals surface area contributed by atoms with Gasteiger partial charge in [0, 0.05) is 12.8 Å². The van der Waals surface area contributed by atoms with Crippen molar-refractivity contribution in [2.75, 3.05) is 20.0 Å². The van der Waals surface area contributed by atoms with Gasteiger partial charge in [0.2, 0.25) is 0 Å². The van der Waals surface area contributed by atoms with E-state index in [0.29, 0.717) is 31.6 Å². The lowest BCUT2D eigenvalue weighted by atomic mass is 10.0. The first kappa shape index (κ1) is 19.4. The number of esters is 1. The highest BCUT2D eigenvalue weighted by Crippen LogP contribution is 2.19. The van der Waals surface area contributed by atoms with Crippen LogP contribution in [0.1, 0.15) is 30.9 Å². The fourth-order valence-electron chi connectivity index (χ4n) is 2.07. The first-order valence-corrected chi connectivity index (χ1v) is 9.20. The molecule has 7 heteroatoms. The van der Waals surface area contributed by atoms with E-state index in [9.17, 15) is 13.2 Å². The maximum atomic E-state index is 11.2. The molecule has 0 aromatic heterocycles. The van der Waals surface area contributed by atoms with Crippen molar-refractivity contribution in [3.05, 3.63) is 29.3 Å². The molecule has 130 valence electrons. The van der Waals surface area contributed by atoms with Crippen molar-refractivity contribution in [1.29, 1.82) is 0 Å². The SMILES string of the molecule is COC(=O)CCc1ccc(OCC[C@@H](C)OS(C)(=O)=O)cc1C. The van der Waals surface area contributed by atoms with Gasteiger partial charge in [-0.05, 0) is 43.5 Å². The first-order valence-electron chi connectivity index (χ1n) is 7.38. The normalized spacial score (nSPS) is 12.7. The largest absolute Gasteiger partial charge is 0.493 e. The topological polar surface area (TPSA) is 78.9 Å². The van der Waals surface area contributed by atoms with E-state index in [2.05, 4.69) is 4.74 Å². The predicted octanol–water partition coefficient (Wildman–Crippen LogP) is 2.23. The minimum Gasteiger partial charge on any atom is -0.493 e. The Bertz CT molecular complexity index is 623. The lowest BCUT2D eigenvalue weighted by Gasteiger charge is -2.13. The molecule has 0 aliphatic rings. The fourth-order valence-corrected chi connectivity index (χ4v) is 2.76. The molecule has 0 saturated carbocycles. The van der Waals surface area contributed by atoms with Crippen LogP contribution in [0.4, 0.5) is 0 Å². The van der Waals surface area contributed by atoms with Crippen LogP contribution in [0.5, 0.6) is 5.75 Å². The summed E-state index contributed by atoms with van der Waals surface area (Å²) in [6.45, 7) is 4.00. The van der Waals surface area contributed by atoms with E-state index < -0.39 is 16.2 Å². The van der Waals surface area contributed by atoms with Crippen molar-refractivity contribution >= 4 is 16.1 Å². The zero-order chi connectivity index (χ0) is 17.5. The molecule has 1 aromatic carbocycles. The van der Waals surface area contributed by atoms with Gasteiger partial charge < -0.3 is 9.47 Å². The zero-order valence-electron chi connectivity index (χ0n) is 14.0. The van der Waals surface area contributed by atoms with Gasteiger partial charge in [-0.2, -0.15) is 8.42 Å². The highest BCUT2D eigenvalue weighted by molar-refractivity contribution is 7.86. The van der Waals surface area contributed by atoms with Crippen LogP contribution in [0.3, 0.4) is 0 Å². The Morgan fingerprint density at radius 1 is 1.30 bits per heavy atom. The summed E-state index contributed by atoms with van der Waals surface area (Å²) in [7, 11) is -2.06. The number of methoxy groups -OCH3 is 1. The third kappa shape index (κ3) is 7.99. The summed E-state index contributed by atoms with van der Waals surface area (Å²) in [5, 5.41) is 0. The highest BCUT2D eigenvalue weighted by atomic mass is 32.2. The first-order chi connectivity index (χ1) is 10.7. The molecule has 6 nitrogen and oxygen atoms in total. The smallest absolute Gasteiger partial charge is 0.305 e. The van der Waals surface area contributed by atoms with E-state index in [4.69, 9.17) is 8.92 Å². The predicted molar refractivity (Wildman–Crippen MR) is 87.0 cm³/mol. The number of aryl methyl sites for hydroxylation is 2. The number of ether oxygens (including phenoxy) is 2. The molecule has 0 amide bonds. The van der Waals surface area contributed by atoms with Gasteiger partial charge in [-0.25, -0.2) is 0 Å². The average molecular weight is 344 g/mol. The van der Waals surface area contributed by atoms with Gasteiger partial charge in [-0.15, -0.1) is 0 Å². The maximum Gasteiger partial charge on any atom is 0.305 e. The molecule has 1 rings (SSSR count). The van der Waals surface area contributed by atoms with Gasteiger partial charge in [0.1, 0.15) is 5.75 Å². The maximum absolute atomic E-state index is 11.2. The van der Waals surface area contributed by atoms with Crippen LogP contribution < -0.4 is 4.74 Å². The molecular weight excluding hydrogens is 320 g/mol. The van der Waals surface area contributed by atoms with E-state index in [1.165, 1.54) is 7.11 Å². The number of carbonyl (C=O) groups excluding carboxylic acids is 1. The second kappa shape index (κ2) is 8.88. The van der Waals surface area contributed by atoms with Crippen molar-refractivity contribution in [3.63, 3.8) is 0 Å². The second-order valence-electron chi connectivity index (χ2n) is 5.41. The van der Waals surface area contributed by atoms with Crippen LogP contribution in [0.15, 0.2) is 18.2 Å². The Labute approximate surface area is 137 Å². The van der Waals surface area contributed by atoms with Gasteiger partial charge in [-0.1, -0.05) is 6.07 Å². The van der Waals surface area contributed by atoms with Crippen LogP contribution in [0.2, 0.25) is 0 Å². The van der Waals surface area contributed by atoms with E-state index in [1.54, 1.807) is 6.92 Å². The van der Waals surface area contributed by atoms with Crippen molar-refractivity contribution in [1.82, 2.24) is 0 Å². The van der Waals surface area contributed by atoms with Crippen molar-refractivity contribution < 1.29 is 26.9 Å². The van der Waals surface area contributed by atoms with Crippen LogP contribution in [-0.2, 0) is 30.3 Å². The lowest BCUT2D eigenvalue weighted by Crippen LogP contribution is -2.17. The molecule has 0 heterocycles. The van der Waals surface area contributed by atoms with Crippen LogP contribution in [0.25, 0.3) is 0 Å². The summed E-state index contributed by atoms with van der Waals surface area (Å²) in [5.74, 6) is 0.473. The number of hydrogen-bond donors (Lipinski definition) is 0. The summed E-state index contributed by atoms with van der Waals surface area (Å²) in [6.07, 6.45) is 2.04. The Balaban J connectivity index is 2.47. The minimum absolute atomic E-state index is 0.232. The molecule has 0 spiro atoms. The molecule has 0 unspecified atom stereocenters. The standard InChI is InChI=1S/C16H24O6S/c1-12-11-15(7-5-14(12)6-8-16(17)20-3)21-10-9-13(2)22-23(4,18)19/h5,7,11,13H,6,8-10H2,1-4H3/t13-/m1/s1. The minimum atomic E-state index is -3.44. The van der Waals surface area contributed by atoms with Crippen molar-refractivity contribution in [2.24, 2.45) is 0 Å². The lowest BCUT2D eigenvalue weighted by molar-refractivity contribution is -0.140.